The third-order valence-corrected chi connectivity index (χ3v) is 6.90. The van der Waals surface area contributed by atoms with E-state index in [4.69, 9.17) is 4.42 Å². The lowest BCUT2D eigenvalue weighted by atomic mass is 10.3. The normalized spacial score (nSPS) is 15.3. The number of piperazine rings is 1. The van der Waals surface area contributed by atoms with Gasteiger partial charge < -0.3 is 9.32 Å². The van der Waals surface area contributed by atoms with Crippen LogP contribution in [0.25, 0.3) is 11.1 Å². The van der Waals surface area contributed by atoms with E-state index >= 15 is 0 Å². The van der Waals surface area contributed by atoms with Crippen LogP contribution in [0.15, 0.2) is 56.8 Å². The monoisotopic (exact) mass is 447 g/mol. The van der Waals surface area contributed by atoms with Gasteiger partial charge in [-0.25, -0.2) is 13.2 Å². The molecule has 0 aliphatic carbocycles. The predicted octanol–water partition coefficient (Wildman–Crippen LogP) is 0.431. The van der Waals surface area contributed by atoms with Gasteiger partial charge in [-0.1, -0.05) is 0 Å². The first-order valence-corrected chi connectivity index (χ1v) is 10.7. The zero-order chi connectivity index (χ0) is 22.2. The van der Waals surface area contributed by atoms with Crippen LogP contribution in [0.3, 0.4) is 0 Å². The van der Waals surface area contributed by atoms with Crippen molar-refractivity contribution >= 4 is 32.7 Å². The van der Waals surface area contributed by atoms with Crippen LogP contribution in [0.5, 0.6) is 0 Å². The minimum atomic E-state index is -3.70. The van der Waals surface area contributed by atoms with Gasteiger partial charge in [0.05, 0.1) is 16.5 Å². The summed E-state index contributed by atoms with van der Waals surface area (Å²) >= 11 is 0. The van der Waals surface area contributed by atoms with Gasteiger partial charge in [0.15, 0.2) is 5.58 Å². The van der Waals surface area contributed by atoms with Crippen molar-refractivity contribution in [1.82, 2.24) is 18.8 Å². The van der Waals surface area contributed by atoms with E-state index in [0.29, 0.717) is 0 Å². The zero-order valence-corrected chi connectivity index (χ0v) is 16.9. The Bertz CT molecular complexity index is 1310. The van der Waals surface area contributed by atoms with E-state index in [9.17, 15) is 28.1 Å². The molecule has 4 rings (SSSR count). The Morgan fingerprint density at radius 3 is 2.58 bits per heavy atom. The number of benzene rings is 1. The van der Waals surface area contributed by atoms with Crippen molar-refractivity contribution in [3.05, 3.63) is 63.4 Å². The van der Waals surface area contributed by atoms with Crippen LogP contribution in [-0.4, -0.2) is 64.2 Å². The third kappa shape index (κ3) is 3.92. The number of hydrogen-bond acceptors (Lipinski definition) is 8. The maximum Gasteiger partial charge on any atom is 0.420 e. The van der Waals surface area contributed by atoms with Crippen LogP contribution in [0, 0.1) is 10.1 Å². The molecule has 1 saturated heterocycles. The number of nitrogens with zero attached hydrogens (tertiary/aromatic N) is 5. The van der Waals surface area contributed by atoms with E-state index in [1.165, 1.54) is 45.9 Å². The summed E-state index contributed by atoms with van der Waals surface area (Å²) in [4.78, 5) is 40.5. The maximum atomic E-state index is 12.7. The van der Waals surface area contributed by atoms with Crippen molar-refractivity contribution in [1.29, 1.82) is 0 Å². The minimum absolute atomic E-state index is 0.0133. The van der Waals surface area contributed by atoms with Gasteiger partial charge in [0.25, 0.3) is 5.69 Å². The number of nitro groups is 1. The molecule has 12 nitrogen and oxygen atoms in total. The molecule has 3 aromatic rings. The number of fused-ring (bicyclic) bond motifs is 1. The van der Waals surface area contributed by atoms with Gasteiger partial charge in [-0.05, 0) is 18.2 Å². The number of carbonyl (C=O) groups is 1. The summed E-state index contributed by atoms with van der Waals surface area (Å²) in [5, 5.41) is 10.9. The number of aromatic nitrogens is 2. The summed E-state index contributed by atoms with van der Waals surface area (Å²) in [6.07, 6.45) is 2.75. The van der Waals surface area contributed by atoms with Crippen molar-refractivity contribution in [2.45, 2.75) is 11.4 Å². The zero-order valence-electron chi connectivity index (χ0n) is 16.1. The molecule has 2 aromatic heterocycles. The van der Waals surface area contributed by atoms with Gasteiger partial charge in [0.1, 0.15) is 11.4 Å². The van der Waals surface area contributed by atoms with Crippen LogP contribution < -0.4 is 5.76 Å². The number of hydrogen-bond donors (Lipinski definition) is 0. The van der Waals surface area contributed by atoms with E-state index in [-0.39, 0.29) is 60.3 Å². The Morgan fingerprint density at radius 1 is 1.19 bits per heavy atom. The number of oxazole rings is 1. The van der Waals surface area contributed by atoms with Gasteiger partial charge in [-0.2, -0.15) is 4.31 Å². The summed E-state index contributed by atoms with van der Waals surface area (Å²) in [7, 11) is -3.70. The average molecular weight is 447 g/mol. The van der Waals surface area contributed by atoms with Crippen LogP contribution in [-0.2, 0) is 21.4 Å². The highest BCUT2D eigenvalue weighted by Gasteiger charge is 2.30. The number of carbonyl (C=O) groups excluding carboxylic acids is 1. The van der Waals surface area contributed by atoms with Gasteiger partial charge in [-0.15, -0.1) is 0 Å². The minimum Gasteiger partial charge on any atom is -0.407 e. The second-order valence-electron chi connectivity index (χ2n) is 6.84. The summed E-state index contributed by atoms with van der Waals surface area (Å²) in [5.74, 6) is -1.19. The molecule has 1 fully saturated rings. The first kappa shape index (κ1) is 20.7. The Labute approximate surface area is 175 Å². The molecule has 0 bridgehead atoms. The molecule has 0 radical (unpaired) electrons. The summed E-state index contributed by atoms with van der Waals surface area (Å²) < 4.78 is 32.7. The fourth-order valence-corrected chi connectivity index (χ4v) is 4.77. The van der Waals surface area contributed by atoms with Crippen molar-refractivity contribution in [2.75, 3.05) is 26.2 Å². The molecule has 1 aliphatic rings. The molecule has 162 valence electrons. The van der Waals surface area contributed by atoms with Gasteiger partial charge >= 0.3 is 5.76 Å². The number of rotatable bonds is 5. The summed E-state index contributed by atoms with van der Waals surface area (Å²) in [6.45, 7) is 0.216. The SMILES string of the molecule is O=C(Cn1c(=O)oc2cc([N+](=O)[O-])ccc21)N1CCN(S(=O)(=O)c2cccnc2)CC1. The highest BCUT2D eigenvalue weighted by atomic mass is 32.2. The van der Waals surface area contributed by atoms with E-state index in [1.807, 2.05) is 0 Å². The first-order chi connectivity index (χ1) is 14.8. The van der Waals surface area contributed by atoms with Crippen molar-refractivity contribution in [3.8, 4) is 0 Å². The molecule has 0 saturated carbocycles. The maximum absolute atomic E-state index is 12.7. The van der Waals surface area contributed by atoms with E-state index < -0.39 is 20.7 Å². The number of non-ortho nitro benzene ring substituents is 1. The van der Waals surface area contributed by atoms with Crippen LogP contribution >= 0.6 is 0 Å². The topological polar surface area (TPSA) is 149 Å². The van der Waals surface area contributed by atoms with E-state index in [1.54, 1.807) is 0 Å². The smallest absolute Gasteiger partial charge is 0.407 e. The van der Waals surface area contributed by atoms with E-state index in [0.717, 1.165) is 10.6 Å². The van der Waals surface area contributed by atoms with E-state index in [2.05, 4.69) is 4.98 Å². The lowest BCUT2D eigenvalue weighted by Gasteiger charge is -2.34. The van der Waals surface area contributed by atoms with Gasteiger partial charge in [0, 0.05) is 44.6 Å². The number of amides is 1. The number of pyridine rings is 1. The van der Waals surface area contributed by atoms with Crippen LogP contribution in [0.2, 0.25) is 0 Å². The third-order valence-electron chi connectivity index (χ3n) is 5.02. The van der Waals surface area contributed by atoms with Gasteiger partial charge in [0.2, 0.25) is 15.9 Å². The molecule has 0 unspecified atom stereocenters. The number of nitro benzene ring substituents is 1. The molecule has 1 aromatic carbocycles. The molecule has 13 heteroatoms. The molecule has 0 N–H and O–H groups in total. The predicted molar refractivity (Wildman–Crippen MR) is 107 cm³/mol. The quantitative estimate of drug-likeness (QED) is 0.404. The second-order valence-corrected chi connectivity index (χ2v) is 8.77. The Kier molecular flexibility index (Phi) is 5.29. The molecule has 0 spiro atoms. The standard InChI is InChI=1S/C18H17N5O7S/c24-17(12-22-15-4-3-13(23(26)27)10-16(15)30-18(22)25)20-6-8-21(9-7-20)31(28,29)14-2-1-5-19-11-14/h1-5,10-11H,6-9,12H2. The fraction of sp³-hybridized carbons (Fsp3) is 0.278. The number of sulfonamides is 1. The molecule has 1 aliphatic heterocycles. The lowest BCUT2D eigenvalue weighted by molar-refractivity contribution is -0.384. The molecular weight excluding hydrogens is 430 g/mol. The van der Waals surface area contributed by atoms with Crippen molar-refractivity contribution in [3.63, 3.8) is 0 Å². The van der Waals surface area contributed by atoms with Crippen LogP contribution in [0.1, 0.15) is 0 Å². The molecule has 1 amide bonds. The lowest BCUT2D eigenvalue weighted by Crippen LogP contribution is -2.51. The van der Waals surface area contributed by atoms with Crippen molar-refractivity contribution in [2.24, 2.45) is 0 Å². The first-order valence-electron chi connectivity index (χ1n) is 9.23. The molecule has 3 heterocycles. The van der Waals surface area contributed by atoms with Gasteiger partial charge in [-0.3, -0.25) is 24.5 Å². The van der Waals surface area contributed by atoms with Crippen molar-refractivity contribution < 1.29 is 22.6 Å². The Hall–Kier alpha value is -3.58. The highest BCUT2D eigenvalue weighted by molar-refractivity contribution is 7.89. The highest BCUT2D eigenvalue weighted by Crippen LogP contribution is 2.21. The summed E-state index contributed by atoms with van der Waals surface area (Å²) in [6, 6.07) is 6.69. The Morgan fingerprint density at radius 2 is 1.94 bits per heavy atom. The Balaban J connectivity index is 1.46. The average Bonchev–Trinajstić information content (AvgIpc) is 3.08. The van der Waals surface area contributed by atoms with Crippen LogP contribution in [0.4, 0.5) is 5.69 Å². The molecule has 31 heavy (non-hydrogen) atoms. The molecule has 0 atom stereocenters. The molecular formula is C18H17N5O7S. The second kappa shape index (κ2) is 7.92. The summed E-state index contributed by atoms with van der Waals surface area (Å²) in [5.41, 5.74) is 0.0480. The fourth-order valence-electron chi connectivity index (χ4n) is 3.38. The largest absolute Gasteiger partial charge is 0.420 e.